The summed E-state index contributed by atoms with van der Waals surface area (Å²) in [6, 6.07) is 0. The van der Waals surface area contributed by atoms with Gasteiger partial charge in [0.2, 0.25) is 5.91 Å². The molecule has 0 bridgehead atoms. The van der Waals surface area contributed by atoms with E-state index in [1.54, 1.807) is 0 Å². The normalized spacial score (nSPS) is 20.1. The molecule has 1 aliphatic rings. The van der Waals surface area contributed by atoms with Gasteiger partial charge in [0.15, 0.2) is 9.84 Å². The number of primary amides is 1. The number of nitrogens with two attached hydrogens (primary N) is 1. The molecule has 7 nitrogen and oxygen atoms in total. The fourth-order valence-electron chi connectivity index (χ4n) is 2.31. The Kier molecular flexibility index (Phi) is 6.41. The van der Waals surface area contributed by atoms with E-state index < -0.39 is 21.7 Å². The van der Waals surface area contributed by atoms with Gasteiger partial charge in [0.25, 0.3) is 0 Å². The van der Waals surface area contributed by atoms with Crippen molar-refractivity contribution in [1.29, 1.82) is 0 Å². The van der Waals surface area contributed by atoms with Gasteiger partial charge in [0, 0.05) is 25.9 Å². The zero-order valence-corrected chi connectivity index (χ0v) is 12.3. The van der Waals surface area contributed by atoms with Crippen molar-refractivity contribution in [1.82, 2.24) is 4.90 Å². The number of likely N-dealkylation sites (tertiary alicyclic amines) is 1. The Labute approximate surface area is 119 Å². The van der Waals surface area contributed by atoms with Gasteiger partial charge in [0.1, 0.15) is 0 Å². The molecule has 1 heterocycles. The quantitative estimate of drug-likeness (QED) is 0.591. The largest absolute Gasteiger partial charge is 0.481 e. The molecule has 1 unspecified atom stereocenters. The van der Waals surface area contributed by atoms with Crippen LogP contribution in [0.5, 0.6) is 0 Å². The highest BCUT2D eigenvalue weighted by Crippen LogP contribution is 2.20. The number of amides is 1. The van der Waals surface area contributed by atoms with E-state index in [0.29, 0.717) is 18.9 Å². The minimum atomic E-state index is -3.24. The highest BCUT2D eigenvalue weighted by molar-refractivity contribution is 7.91. The van der Waals surface area contributed by atoms with Gasteiger partial charge in [-0.15, -0.1) is 0 Å². The average Bonchev–Trinajstić information content (AvgIpc) is 2.80. The van der Waals surface area contributed by atoms with Crippen LogP contribution in [0.3, 0.4) is 0 Å². The smallest absolute Gasteiger partial charge is 0.303 e. The third-order valence-corrected chi connectivity index (χ3v) is 5.15. The molecule has 8 heteroatoms. The predicted molar refractivity (Wildman–Crippen MR) is 73.9 cm³/mol. The van der Waals surface area contributed by atoms with Crippen LogP contribution in [0, 0.1) is 5.92 Å². The molecule has 0 saturated carbocycles. The standard InChI is InChI=1S/C12H22N2O5S/c13-11(15)4-7-20(18,19)8-6-14-5-3-10(9-14)1-2-12(16)17/h10H,1-9H2,(H2,13,15)(H,16,17). The van der Waals surface area contributed by atoms with E-state index in [0.717, 1.165) is 19.5 Å². The van der Waals surface area contributed by atoms with Gasteiger partial charge in [0.05, 0.1) is 11.5 Å². The molecule has 1 fully saturated rings. The number of aliphatic carboxylic acids is 1. The molecule has 116 valence electrons. The van der Waals surface area contributed by atoms with E-state index in [2.05, 4.69) is 0 Å². The monoisotopic (exact) mass is 306 g/mol. The Hall–Kier alpha value is -1.15. The molecular formula is C12H22N2O5S. The number of carboxylic acids is 1. The Morgan fingerprint density at radius 2 is 1.95 bits per heavy atom. The topological polar surface area (TPSA) is 118 Å². The molecule has 1 saturated heterocycles. The number of carbonyl (C=O) groups excluding carboxylic acids is 1. The number of hydrogen-bond donors (Lipinski definition) is 2. The Balaban J connectivity index is 2.26. The van der Waals surface area contributed by atoms with Crippen molar-refractivity contribution in [3.8, 4) is 0 Å². The van der Waals surface area contributed by atoms with Crippen LogP contribution in [0.25, 0.3) is 0 Å². The van der Waals surface area contributed by atoms with Crippen LogP contribution >= 0.6 is 0 Å². The maximum Gasteiger partial charge on any atom is 0.303 e. The first-order chi connectivity index (χ1) is 9.28. The SMILES string of the molecule is NC(=O)CCS(=O)(=O)CCN1CCC(CCC(=O)O)C1. The first-order valence-electron chi connectivity index (χ1n) is 6.71. The predicted octanol–water partition coefficient (Wildman–Crippen LogP) is -0.537. The molecule has 1 rings (SSSR count). The molecule has 0 spiro atoms. The van der Waals surface area contributed by atoms with E-state index in [4.69, 9.17) is 10.8 Å². The Bertz CT molecular complexity index is 449. The lowest BCUT2D eigenvalue weighted by atomic mass is 10.0. The molecule has 1 amide bonds. The Morgan fingerprint density at radius 3 is 2.55 bits per heavy atom. The summed E-state index contributed by atoms with van der Waals surface area (Å²) in [5, 5.41) is 8.62. The van der Waals surface area contributed by atoms with Crippen LogP contribution in [0.15, 0.2) is 0 Å². The van der Waals surface area contributed by atoms with Gasteiger partial charge < -0.3 is 15.7 Å². The number of carbonyl (C=O) groups is 2. The fraction of sp³-hybridized carbons (Fsp3) is 0.833. The minimum Gasteiger partial charge on any atom is -0.481 e. The maximum atomic E-state index is 11.7. The van der Waals surface area contributed by atoms with Gasteiger partial charge in [-0.3, -0.25) is 9.59 Å². The van der Waals surface area contributed by atoms with Gasteiger partial charge in [-0.25, -0.2) is 8.42 Å². The molecule has 0 aromatic heterocycles. The molecular weight excluding hydrogens is 284 g/mol. The molecule has 0 radical (unpaired) electrons. The van der Waals surface area contributed by atoms with Crippen molar-refractivity contribution in [3.05, 3.63) is 0 Å². The summed E-state index contributed by atoms with van der Waals surface area (Å²) < 4.78 is 23.4. The zero-order chi connectivity index (χ0) is 15.2. The first kappa shape index (κ1) is 16.9. The van der Waals surface area contributed by atoms with Crippen molar-refractivity contribution in [2.45, 2.75) is 25.7 Å². The summed E-state index contributed by atoms with van der Waals surface area (Å²) in [6.45, 7) is 1.99. The van der Waals surface area contributed by atoms with Crippen molar-refractivity contribution in [2.24, 2.45) is 11.7 Å². The lowest BCUT2D eigenvalue weighted by Crippen LogP contribution is -2.29. The second kappa shape index (κ2) is 7.58. The van der Waals surface area contributed by atoms with E-state index in [1.165, 1.54) is 0 Å². The van der Waals surface area contributed by atoms with Crippen molar-refractivity contribution >= 4 is 21.7 Å². The molecule has 20 heavy (non-hydrogen) atoms. The Morgan fingerprint density at radius 1 is 1.25 bits per heavy atom. The van der Waals surface area contributed by atoms with Gasteiger partial charge in [-0.1, -0.05) is 0 Å². The number of sulfone groups is 1. The molecule has 0 aliphatic carbocycles. The summed E-state index contributed by atoms with van der Waals surface area (Å²) in [4.78, 5) is 23.1. The lowest BCUT2D eigenvalue weighted by molar-refractivity contribution is -0.137. The van der Waals surface area contributed by atoms with Crippen LogP contribution in [0.1, 0.15) is 25.7 Å². The van der Waals surface area contributed by atoms with E-state index in [9.17, 15) is 18.0 Å². The average molecular weight is 306 g/mol. The highest BCUT2D eigenvalue weighted by atomic mass is 32.2. The van der Waals surface area contributed by atoms with Crippen LogP contribution in [0.2, 0.25) is 0 Å². The molecule has 0 aromatic rings. The highest BCUT2D eigenvalue weighted by Gasteiger charge is 2.24. The van der Waals surface area contributed by atoms with Crippen LogP contribution in [0.4, 0.5) is 0 Å². The number of rotatable bonds is 9. The van der Waals surface area contributed by atoms with Crippen LogP contribution in [-0.2, 0) is 19.4 Å². The van der Waals surface area contributed by atoms with Gasteiger partial charge >= 0.3 is 5.97 Å². The molecule has 1 aliphatic heterocycles. The molecule has 1 atom stereocenters. The second-order valence-corrected chi connectivity index (χ2v) is 7.56. The van der Waals surface area contributed by atoms with E-state index >= 15 is 0 Å². The molecule has 3 N–H and O–H groups in total. The maximum absolute atomic E-state index is 11.7. The fourth-order valence-corrected chi connectivity index (χ4v) is 3.56. The zero-order valence-electron chi connectivity index (χ0n) is 11.5. The van der Waals surface area contributed by atoms with Crippen molar-refractivity contribution < 1.29 is 23.1 Å². The number of hydrogen-bond acceptors (Lipinski definition) is 5. The minimum absolute atomic E-state index is 0.0198. The number of carboxylic acid groups (broad SMARTS) is 1. The van der Waals surface area contributed by atoms with Gasteiger partial charge in [-0.2, -0.15) is 0 Å². The summed E-state index contributed by atoms with van der Waals surface area (Å²) in [7, 11) is -3.24. The third kappa shape index (κ3) is 6.85. The lowest BCUT2D eigenvalue weighted by Gasteiger charge is -2.15. The summed E-state index contributed by atoms with van der Waals surface area (Å²) in [6.07, 6.45) is 1.58. The second-order valence-electron chi connectivity index (χ2n) is 5.26. The molecule has 0 aromatic carbocycles. The summed E-state index contributed by atoms with van der Waals surface area (Å²) >= 11 is 0. The third-order valence-electron chi connectivity index (χ3n) is 3.51. The van der Waals surface area contributed by atoms with Gasteiger partial charge in [-0.05, 0) is 25.3 Å². The van der Waals surface area contributed by atoms with Crippen LogP contribution < -0.4 is 5.73 Å². The first-order valence-corrected chi connectivity index (χ1v) is 8.53. The van der Waals surface area contributed by atoms with E-state index in [1.807, 2.05) is 4.90 Å². The van der Waals surface area contributed by atoms with Crippen LogP contribution in [-0.4, -0.2) is 61.4 Å². The summed E-state index contributed by atoms with van der Waals surface area (Å²) in [5.74, 6) is -1.25. The van der Waals surface area contributed by atoms with Crippen molar-refractivity contribution in [3.63, 3.8) is 0 Å². The number of nitrogens with zero attached hydrogens (tertiary/aromatic N) is 1. The van der Waals surface area contributed by atoms with E-state index in [-0.39, 0.29) is 24.3 Å². The summed E-state index contributed by atoms with van der Waals surface area (Å²) in [5.41, 5.74) is 4.93. The van der Waals surface area contributed by atoms with Crippen molar-refractivity contribution in [2.75, 3.05) is 31.1 Å².